The molecule has 0 aliphatic carbocycles. The standard InChI is InChI=1S/C26H25Cl2N5O3S2/c27-19-3-8-22(9-4-19)38(35,36)31-21-6-1-18(2-7-21)25(34)29-11-12-32-13-15-33(16-14-32)26-30-23-10-5-20(28)17-24(23)37-26/h1-10,17,31H,11-16H2,(H,29,34). The van der Waals surface area contributed by atoms with Crippen molar-refractivity contribution in [1.82, 2.24) is 15.2 Å². The molecule has 198 valence electrons. The molecule has 12 heteroatoms. The molecule has 1 saturated heterocycles. The van der Waals surface area contributed by atoms with E-state index < -0.39 is 10.0 Å². The lowest BCUT2D eigenvalue weighted by molar-refractivity contribution is 0.0948. The van der Waals surface area contributed by atoms with E-state index in [-0.39, 0.29) is 10.8 Å². The number of halogens is 2. The van der Waals surface area contributed by atoms with Crippen LogP contribution in [-0.2, 0) is 10.0 Å². The maximum Gasteiger partial charge on any atom is 0.261 e. The van der Waals surface area contributed by atoms with Crippen molar-refractivity contribution in [2.75, 3.05) is 48.9 Å². The van der Waals surface area contributed by atoms with Crippen molar-refractivity contribution in [3.8, 4) is 0 Å². The average molecular weight is 591 g/mol. The van der Waals surface area contributed by atoms with Crippen LogP contribution in [-0.4, -0.2) is 63.5 Å². The second-order valence-electron chi connectivity index (χ2n) is 8.83. The molecule has 1 aromatic heterocycles. The first kappa shape index (κ1) is 26.7. The minimum atomic E-state index is -3.75. The number of piperazine rings is 1. The summed E-state index contributed by atoms with van der Waals surface area (Å²) in [6, 6.07) is 18.0. The van der Waals surface area contributed by atoms with Gasteiger partial charge in [0.15, 0.2) is 5.13 Å². The molecule has 1 aliphatic rings. The van der Waals surface area contributed by atoms with Gasteiger partial charge in [-0.3, -0.25) is 14.4 Å². The van der Waals surface area contributed by atoms with E-state index in [4.69, 9.17) is 28.2 Å². The van der Waals surface area contributed by atoms with Crippen molar-refractivity contribution >= 4 is 71.5 Å². The van der Waals surface area contributed by atoms with Gasteiger partial charge in [0.25, 0.3) is 15.9 Å². The highest BCUT2D eigenvalue weighted by molar-refractivity contribution is 7.92. The number of nitrogens with zero attached hydrogens (tertiary/aromatic N) is 3. The quantitative estimate of drug-likeness (QED) is 0.302. The molecule has 0 spiro atoms. The average Bonchev–Trinajstić information content (AvgIpc) is 3.33. The van der Waals surface area contributed by atoms with Crippen molar-refractivity contribution in [2.24, 2.45) is 0 Å². The SMILES string of the molecule is O=C(NCCN1CCN(c2nc3ccc(Cl)cc3s2)CC1)c1ccc(NS(=O)(=O)c2ccc(Cl)cc2)cc1. The van der Waals surface area contributed by atoms with Gasteiger partial charge in [-0.2, -0.15) is 0 Å². The van der Waals surface area contributed by atoms with Gasteiger partial charge in [-0.15, -0.1) is 0 Å². The van der Waals surface area contributed by atoms with Crippen LogP contribution in [0.25, 0.3) is 10.2 Å². The van der Waals surface area contributed by atoms with Gasteiger partial charge in [-0.05, 0) is 66.7 Å². The summed E-state index contributed by atoms with van der Waals surface area (Å²) in [5, 5.41) is 5.12. The van der Waals surface area contributed by atoms with E-state index in [1.165, 1.54) is 24.3 Å². The second kappa shape index (κ2) is 11.5. The Hall–Kier alpha value is -2.89. The summed E-state index contributed by atoms with van der Waals surface area (Å²) in [6.45, 7) is 4.77. The molecule has 0 atom stereocenters. The van der Waals surface area contributed by atoms with E-state index in [0.29, 0.717) is 27.8 Å². The highest BCUT2D eigenvalue weighted by Crippen LogP contribution is 2.31. The molecule has 1 amide bonds. The number of thiazole rings is 1. The monoisotopic (exact) mass is 589 g/mol. The van der Waals surface area contributed by atoms with Gasteiger partial charge in [-0.25, -0.2) is 13.4 Å². The summed E-state index contributed by atoms with van der Waals surface area (Å²) >= 11 is 13.6. The van der Waals surface area contributed by atoms with E-state index in [9.17, 15) is 13.2 Å². The fraction of sp³-hybridized carbons (Fsp3) is 0.231. The van der Waals surface area contributed by atoms with Crippen molar-refractivity contribution in [3.05, 3.63) is 82.3 Å². The Labute approximate surface area is 235 Å². The Bertz CT molecular complexity index is 1540. The Morgan fingerprint density at radius 3 is 2.32 bits per heavy atom. The maximum absolute atomic E-state index is 12.6. The number of hydrogen-bond acceptors (Lipinski definition) is 7. The number of rotatable bonds is 8. The molecule has 0 unspecified atom stereocenters. The lowest BCUT2D eigenvalue weighted by Crippen LogP contribution is -2.48. The van der Waals surface area contributed by atoms with Crippen LogP contribution in [0.3, 0.4) is 0 Å². The number of carbonyl (C=O) groups is 1. The van der Waals surface area contributed by atoms with Crippen LogP contribution in [0, 0.1) is 0 Å². The van der Waals surface area contributed by atoms with Gasteiger partial charge in [0.2, 0.25) is 0 Å². The fourth-order valence-corrected chi connectivity index (χ4v) is 6.61. The molecule has 1 fully saturated rings. The Morgan fingerprint density at radius 1 is 0.921 bits per heavy atom. The van der Waals surface area contributed by atoms with Crippen LogP contribution in [0.15, 0.2) is 71.6 Å². The van der Waals surface area contributed by atoms with Crippen LogP contribution in [0.5, 0.6) is 0 Å². The number of aromatic nitrogens is 1. The fourth-order valence-electron chi connectivity index (χ4n) is 4.13. The smallest absolute Gasteiger partial charge is 0.261 e. The van der Waals surface area contributed by atoms with Gasteiger partial charge in [0.1, 0.15) is 0 Å². The Morgan fingerprint density at radius 2 is 1.61 bits per heavy atom. The molecule has 0 bridgehead atoms. The zero-order valence-electron chi connectivity index (χ0n) is 20.2. The van der Waals surface area contributed by atoms with Crippen LogP contribution in [0.1, 0.15) is 10.4 Å². The van der Waals surface area contributed by atoms with Gasteiger partial charge >= 0.3 is 0 Å². The summed E-state index contributed by atoms with van der Waals surface area (Å²) in [7, 11) is -3.75. The number of sulfonamides is 1. The van der Waals surface area contributed by atoms with Crippen molar-refractivity contribution in [2.45, 2.75) is 4.90 Å². The molecular weight excluding hydrogens is 565 g/mol. The van der Waals surface area contributed by atoms with Crippen molar-refractivity contribution in [3.63, 3.8) is 0 Å². The van der Waals surface area contributed by atoms with Gasteiger partial charge in [0, 0.05) is 60.6 Å². The van der Waals surface area contributed by atoms with E-state index in [0.717, 1.165) is 48.1 Å². The largest absolute Gasteiger partial charge is 0.351 e. The number of amides is 1. The Kier molecular flexibility index (Phi) is 8.06. The first-order valence-corrected chi connectivity index (χ1v) is 15.0. The zero-order valence-corrected chi connectivity index (χ0v) is 23.4. The number of benzene rings is 3. The van der Waals surface area contributed by atoms with E-state index in [2.05, 4.69) is 19.8 Å². The number of hydrogen-bond donors (Lipinski definition) is 2. The van der Waals surface area contributed by atoms with Crippen molar-refractivity contribution in [1.29, 1.82) is 0 Å². The van der Waals surface area contributed by atoms with Crippen LogP contribution >= 0.6 is 34.5 Å². The zero-order chi connectivity index (χ0) is 26.7. The maximum atomic E-state index is 12.6. The third-order valence-corrected chi connectivity index (χ3v) is 9.18. The predicted molar refractivity (Wildman–Crippen MR) is 154 cm³/mol. The molecule has 3 aromatic carbocycles. The Balaban J connectivity index is 1.07. The van der Waals surface area contributed by atoms with E-state index in [1.807, 2.05) is 18.2 Å². The molecule has 2 heterocycles. The number of fused-ring (bicyclic) bond motifs is 1. The summed E-state index contributed by atoms with van der Waals surface area (Å²) < 4.78 is 28.7. The first-order valence-electron chi connectivity index (χ1n) is 12.0. The predicted octanol–water partition coefficient (Wildman–Crippen LogP) is 4.96. The molecule has 2 N–H and O–H groups in total. The lowest BCUT2D eigenvalue weighted by atomic mass is 10.2. The van der Waals surface area contributed by atoms with Crippen molar-refractivity contribution < 1.29 is 13.2 Å². The highest BCUT2D eigenvalue weighted by atomic mass is 35.5. The molecule has 1 aliphatic heterocycles. The summed E-state index contributed by atoms with van der Waals surface area (Å²) in [4.78, 5) is 22.0. The number of anilines is 2. The molecular formula is C26H25Cl2N5O3S2. The summed E-state index contributed by atoms with van der Waals surface area (Å²) in [5.41, 5.74) is 1.79. The van der Waals surface area contributed by atoms with Gasteiger partial charge < -0.3 is 10.2 Å². The van der Waals surface area contributed by atoms with Gasteiger partial charge in [-0.1, -0.05) is 34.5 Å². The molecule has 4 aromatic rings. The molecule has 8 nitrogen and oxygen atoms in total. The highest BCUT2D eigenvalue weighted by Gasteiger charge is 2.20. The summed E-state index contributed by atoms with van der Waals surface area (Å²) in [5.74, 6) is -0.205. The molecule has 5 rings (SSSR count). The number of nitrogens with one attached hydrogen (secondary N) is 2. The topological polar surface area (TPSA) is 94.6 Å². The first-order chi connectivity index (χ1) is 18.3. The second-order valence-corrected chi connectivity index (χ2v) is 12.4. The normalized spacial score (nSPS) is 14.5. The number of carbonyl (C=O) groups excluding carboxylic acids is 1. The lowest BCUT2D eigenvalue weighted by Gasteiger charge is -2.34. The van der Waals surface area contributed by atoms with Crippen LogP contribution in [0.4, 0.5) is 10.8 Å². The van der Waals surface area contributed by atoms with Gasteiger partial charge in [0.05, 0.1) is 15.1 Å². The van der Waals surface area contributed by atoms with E-state index in [1.54, 1.807) is 35.6 Å². The molecule has 38 heavy (non-hydrogen) atoms. The third kappa shape index (κ3) is 6.39. The van der Waals surface area contributed by atoms with E-state index >= 15 is 0 Å². The van der Waals surface area contributed by atoms with Crippen LogP contribution < -0.4 is 14.9 Å². The third-order valence-electron chi connectivity index (χ3n) is 6.22. The minimum Gasteiger partial charge on any atom is -0.351 e. The van der Waals surface area contributed by atoms with Crippen LogP contribution in [0.2, 0.25) is 10.0 Å². The molecule has 0 radical (unpaired) electrons. The minimum absolute atomic E-state index is 0.106. The molecule has 0 saturated carbocycles. The summed E-state index contributed by atoms with van der Waals surface area (Å²) in [6.07, 6.45) is 0.